The molecule has 8 heteroatoms. The number of anilines is 1. The van der Waals surface area contributed by atoms with E-state index in [1.807, 2.05) is 7.05 Å². The van der Waals surface area contributed by atoms with Gasteiger partial charge in [-0.3, -0.25) is 10.1 Å². The lowest BCUT2D eigenvalue weighted by atomic mass is 10.2. The van der Waals surface area contributed by atoms with E-state index in [1.54, 1.807) is 6.07 Å². The van der Waals surface area contributed by atoms with Crippen molar-refractivity contribution >= 4 is 22.4 Å². The summed E-state index contributed by atoms with van der Waals surface area (Å²) in [4.78, 5) is 12.6. The first-order valence-electron chi connectivity index (χ1n) is 6.34. The summed E-state index contributed by atoms with van der Waals surface area (Å²) < 4.78 is 4.61. The van der Waals surface area contributed by atoms with Crippen molar-refractivity contribution in [3.05, 3.63) is 22.2 Å². The largest absolute Gasteiger partial charge is 0.382 e. The molecule has 0 bridgehead atoms. The summed E-state index contributed by atoms with van der Waals surface area (Å²) in [6, 6.07) is 3.49. The molecule has 2 rings (SSSR count). The SMILES string of the molecule is CC(C)N(C)CCNc1ccc([N+](=O)[O-])c2nonc12. The monoisotopic (exact) mass is 279 g/mol. The maximum atomic E-state index is 10.9. The molecule has 0 radical (unpaired) electrons. The van der Waals surface area contributed by atoms with Crippen molar-refractivity contribution in [3.63, 3.8) is 0 Å². The first-order chi connectivity index (χ1) is 9.50. The average Bonchev–Trinajstić information content (AvgIpc) is 2.87. The van der Waals surface area contributed by atoms with Crippen LogP contribution in [0.4, 0.5) is 11.4 Å². The maximum absolute atomic E-state index is 10.9. The number of aromatic nitrogens is 2. The Morgan fingerprint density at radius 2 is 2.10 bits per heavy atom. The Balaban J connectivity index is 2.14. The smallest absolute Gasteiger partial charge is 0.300 e. The van der Waals surface area contributed by atoms with Gasteiger partial charge in [-0.1, -0.05) is 0 Å². The summed E-state index contributed by atoms with van der Waals surface area (Å²) >= 11 is 0. The molecule has 2 aromatic rings. The number of hydrogen-bond acceptors (Lipinski definition) is 7. The molecule has 0 aliphatic rings. The Bertz CT molecular complexity index is 610. The van der Waals surface area contributed by atoms with Crippen LogP contribution in [0.3, 0.4) is 0 Å². The minimum absolute atomic E-state index is 0.105. The fourth-order valence-corrected chi connectivity index (χ4v) is 1.77. The fourth-order valence-electron chi connectivity index (χ4n) is 1.77. The molecule has 1 N–H and O–H groups in total. The molecule has 0 saturated carbocycles. The Hall–Kier alpha value is -2.22. The van der Waals surface area contributed by atoms with Gasteiger partial charge in [0.1, 0.15) is 0 Å². The first kappa shape index (κ1) is 14.2. The number of fused-ring (bicyclic) bond motifs is 1. The van der Waals surface area contributed by atoms with Crippen LogP contribution in [0.25, 0.3) is 11.0 Å². The van der Waals surface area contributed by atoms with E-state index in [0.29, 0.717) is 23.8 Å². The molecule has 0 amide bonds. The number of nitro groups is 1. The molecular formula is C12H17N5O3. The van der Waals surface area contributed by atoms with E-state index in [4.69, 9.17) is 0 Å². The lowest BCUT2D eigenvalue weighted by Crippen LogP contribution is -2.31. The molecule has 1 aromatic heterocycles. The highest BCUT2D eigenvalue weighted by Gasteiger charge is 2.19. The van der Waals surface area contributed by atoms with Gasteiger partial charge in [0.05, 0.1) is 10.6 Å². The van der Waals surface area contributed by atoms with Gasteiger partial charge < -0.3 is 10.2 Å². The lowest BCUT2D eigenvalue weighted by Gasteiger charge is -2.21. The molecule has 0 atom stereocenters. The molecule has 108 valence electrons. The minimum atomic E-state index is -0.497. The van der Waals surface area contributed by atoms with Crippen LogP contribution >= 0.6 is 0 Å². The minimum Gasteiger partial charge on any atom is -0.382 e. The normalized spacial score (nSPS) is 11.4. The van der Waals surface area contributed by atoms with Crippen LogP contribution in [0.15, 0.2) is 16.8 Å². The number of likely N-dealkylation sites (N-methyl/N-ethyl adjacent to an activating group) is 1. The van der Waals surface area contributed by atoms with Gasteiger partial charge in [-0.15, -0.1) is 0 Å². The van der Waals surface area contributed by atoms with Crippen LogP contribution in [0.2, 0.25) is 0 Å². The highest BCUT2D eigenvalue weighted by molar-refractivity contribution is 5.93. The molecule has 8 nitrogen and oxygen atoms in total. The van der Waals surface area contributed by atoms with E-state index in [9.17, 15) is 10.1 Å². The molecule has 0 aliphatic carbocycles. The summed E-state index contributed by atoms with van der Waals surface area (Å²) in [6.07, 6.45) is 0. The van der Waals surface area contributed by atoms with Gasteiger partial charge in [0.25, 0.3) is 0 Å². The second-order valence-corrected chi connectivity index (χ2v) is 4.85. The van der Waals surface area contributed by atoms with E-state index in [2.05, 4.69) is 39.0 Å². The Morgan fingerprint density at radius 3 is 2.75 bits per heavy atom. The maximum Gasteiger partial charge on any atom is 0.300 e. The number of nitrogens with one attached hydrogen (secondary N) is 1. The Labute approximate surface area is 115 Å². The van der Waals surface area contributed by atoms with Crippen molar-refractivity contribution in [3.8, 4) is 0 Å². The Morgan fingerprint density at radius 1 is 1.40 bits per heavy atom. The second-order valence-electron chi connectivity index (χ2n) is 4.85. The van der Waals surface area contributed by atoms with E-state index in [-0.39, 0.29) is 11.2 Å². The number of nitro benzene ring substituents is 1. The quantitative estimate of drug-likeness (QED) is 0.636. The number of nitrogens with zero attached hydrogens (tertiary/aromatic N) is 4. The van der Waals surface area contributed by atoms with Crippen molar-refractivity contribution in [2.45, 2.75) is 19.9 Å². The van der Waals surface area contributed by atoms with Gasteiger partial charge in [-0.2, -0.15) is 0 Å². The third-order valence-corrected chi connectivity index (χ3v) is 3.25. The average molecular weight is 279 g/mol. The standard InChI is InChI=1S/C12H17N5O3/c1-8(2)16(3)7-6-13-9-4-5-10(17(18)19)12-11(9)14-20-15-12/h4-5,8,13H,6-7H2,1-3H3. The summed E-state index contributed by atoms with van der Waals surface area (Å²) in [6.45, 7) is 5.78. The van der Waals surface area contributed by atoms with Gasteiger partial charge in [-0.25, -0.2) is 4.63 Å². The number of non-ortho nitro benzene ring substituents is 1. The zero-order chi connectivity index (χ0) is 14.7. The predicted molar refractivity (Wildman–Crippen MR) is 74.7 cm³/mol. The molecule has 0 unspecified atom stereocenters. The fraction of sp³-hybridized carbons (Fsp3) is 0.500. The molecule has 0 aliphatic heterocycles. The molecule has 1 heterocycles. The third-order valence-electron chi connectivity index (χ3n) is 3.25. The van der Waals surface area contributed by atoms with Crippen LogP contribution < -0.4 is 5.32 Å². The summed E-state index contributed by atoms with van der Waals surface area (Å²) in [5.41, 5.74) is 1.12. The number of rotatable bonds is 6. The second kappa shape index (κ2) is 5.83. The van der Waals surface area contributed by atoms with Crippen molar-refractivity contribution in [2.75, 3.05) is 25.5 Å². The zero-order valence-corrected chi connectivity index (χ0v) is 11.7. The van der Waals surface area contributed by atoms with Crippen molar-refractivity contribution < 1.29 is 9.55 Å². The topological polar surface area (TPSA) is 97.3 Å². The van der Waals surface area contributed by atoms with Crippen LogP contribution in [-0.2, 0) is 0 Å². The van der Waals surface area contributed by atoms with Crippen LogP contribution in [0.1, 0.15) is 13.8 Å². The number of hydrogen-bond donors (Lipinski definition) is 1. The highest BCUT2D eigenvalue weighted by atomic mass is 16.6. The molecule has 0 saturated heterocycles. The van der Waals surface area contributed by atoms with Crippen molar-refractivity contribution in [1.82, 2.24) is 15.2 Å². The third kappa shape index (κ3) is 2.85. The number of benzene rings is 1. The van der Waals surface area contributed by atoms with E-state index in [1.165, 1.54) is 6.07 Å². The van der Waals surface area contributed by atoms with Crippen molar-refractivity contribution in [1.29, 1.82) is 0 Å². The van der Waals surface area contributed by atoms with Gasteiger partial charge in [-0.05, 0) is 37.3 Å². The van der Waals surface area contributed by atoms with E-state index in [0.717, 1.165) is 6.54 Å². The van der Waals surface area contributed by atoms with E-state index < -0.39 is 4.92 Å². The van der Waals surface area contributed by atoms with Gasteiger partial charge in [0.15, 0.2) is 5.52 Å². The van der Waals surface area contributed by atoms with Crippen LogP contribution in [0, 0.1) is 10.1 Å². The predicted octanol–water partition coefficient (Wildman–Crippen LogP) is 1.88. The molecule has 0 spiro atoms. The van der Waals surface area contributed by atoms with Gasteiger partial charge in [0.2, 0.25) is 5.52 Å². The van der Waals surface area contributed by atoms with Crippen molar-refractivity contribution in [2.24, 2.45) is 0 Å². The zero-order valence-electron chi connectivity index (χ0n) is 11.7. The first-order valence-corrected chi connectivity index (χ1v) is 6.34. The molecular weight excluding hydrogens is 262 g/mol. The summed E-state index contributed by atoms with van der Waals surface area (Å²) in [7, 11) is 2.04. The lowest BCUT2D eigenvalue weighted by molar-refractivity contribution is -0.383. The summed E-state index contributed by atoms with van der Waals surface area (Å²) in [5, 5.41) is 21.4. The van der Waals surface area contributed by atoms with Gasteiger partial charge in [0, 0.05) is 25.2 Å². The molecule has 1 aromatic carbocycles. The van der Waals surface area contributed by atoms with Crippen LogP contribution in [0.5, 0.6) is 0 Å². The highest BCUT2D eigenvalue weighted by Crippen LogP contribution is 2.28. The van der Waals surface area contributed by atoms with E-state index >= 15 is 0 Å². The van der Waals surface area contributed by atoms with Gasteiger partial charge >= 0.3 is 5.69 Å². The van der Waals surface area contributed by atoms with Crippen LogP contribution in [-0.4, -0.2) is 46.3 Å². The summed E-state index contributed by atoms with van der Waals surface area (Å²) in [5.74, 6) is 0. The molecule has 0 fully saturated rings. The molecule has 20 heavy (non-hydrogen) atoms. The Kier molecular flexibility index (Phi) is 4.14.